The lowest BCUT2D eigenvalue weighted by atomic mass is 9.94. The van der Waals surface area contributed by atoms with Gasteiger partial charge >= 0.3 is 0 Å². The number of Topliss-reactive ketones (excluding diaryl/α,β-unsaturated/α-hetero) is 1. The molecule has 5 rings (SSSR count). The molecule has 3 aromatic heterocycles. The minimum absolute atomic E-state index is 0.121. The van der Waals surface area contributed by atoms with Crippen molar-refractivity contribution >= 4 is 11.4 Å². The first kappa shape index (κ1) is 18.6. The predicted molar refractivity (Wildman–Crippen MR) is 116 cm³/mol. The molecule has 3 heterocycles. The largest absolute Gasteiger partial charge is 0.327 e. The summed E-state index contributed by atoms with van der Waals surface area (Å²) in [7, 11) is 0. The van der Waals surface area contributed by atoms with Crippen LogP contribution in [0.1, 0.15) is 36.0 Å². The molecule has 6 heteroatoms. The highest BCUT2D eigenvalue weighted by Crippen LogP contribution is 2.29. The first-order chi connectivity index (χ1) is 14.7. The zero-order valence-corrected chi connectivity index (χ0v) is 16.6. The summed E-state index contributed by atoms with van der Waals surface area (Å²) in [5, 5.41) is 4.41. The average molecular weight is 397 g/mol. The molecule has 0 amide bonds. The molecule has 1 aliphatic carbocycles. The molecule has 4 aromatic rings. The quantitative estimate of drug-likeness (QED) is 0.511. The molecule has 0 saturated heterocycles. The third-order valence-corrected chi connectivity index (χ3v) is 5.96. The lowest BCUT2D eigenvalue weighted by molar-refractivity contribution is 0.0958. The number of pyridine rings is 1. The summed E-state index contributed by atoms with van der Waals surface area (Å²) in [6, 6.07) is 15.7. The van der Waals surface area contributed by atoms with Gasteiger partial charge in [0.2, 0.25) is 0 Å². The molecule has 30 heavy (non-hydrogen) atoms. The van der Waals surface area contributed by atoms with Crippen LogP contribution < -0.4 is 5.73 Å². The van der Waals surface area contributed by atoms with Gasteiger partial charge in [-0.15, -0.1) is 0 Å². The third kappa shape index (κ3) is 3.50. The molecular weight excluding hydrogens is 374 g/mol. The highest BCUT2D eigenvalue weighted by molar-refractivity contribution is 5.97. The smallest absolute Gasteiger partial charge is 0.164 e. The minimum Gasteiger partial charge on any atom is -0.327 e. The summed E-state index contributed by atoms with van der Waals surface area (Å²) in [5.41, 5.74) is 10.9. The fraction of sp³-hybridized carbons (Fsp3) is 0.250. The maximum absolute atomic E-state index is 12.9. The van der Waals surface area contributed by atoms with Crippen LogP contribution in [0.3, 0.4) is 0 Å². The summed E-state index contributed by atoms with van der Waals surface area (Å²) in [5.74, 6) is 0.400. The second-order valence-electron chi connectivity index (χ2n) is 7.92. The fourth-order valence-electron chi connectivity index (χ4n) is 4.25. The maximum Gasteiger partial charge on any atom is 0.164 e. The monoisotopic (exact) mass is 397 g/mol. The van der Waals surface area contributed by atoms with E-state index in [9.17, 15) is 4.79 Å². The summed E-state index contributed by atoms with van der Waals surface area (Å²) in [6.45, 7) is 0. The topological polar surface area (TPSA) is 86.2 Å². The molecular formula is C24H23N5O. The molecule has 1 fully saturated rings. The van der Waals surface area contributed by atoms with Crippen LogP contribution in [0.25, 0.3) is 28.2 Å². The molecule has 150 valence electrons. The zero-order chi connectivity index (χ0) is 20.5. The number of fused-ring (bicyclic) bond motifs is 1. The fourth-order valence-corrected chi connectivity index (χ4v) is 4.25. The molecule has 0 radical (unpaired) electrons. The van der Waals surface area contributed by atoms with Gasteiger partial charge in [-0.1, -0.05) is 36.8 Å². The van der Waals surface area contributed by atoms with Crippen molar-refractivity contribution in [3.8, 4) is 22.5 Å². The van der Waals surface area contributed by atoms with Crippen LogP contribution in [-0.4, -0.2) is 31.4 Å². The second kappa shape index (κ2) is 7.80. The molecule has 0 unspecified atom stereocenters. The van der Waals surface area contributed by atoms with Crippen molar-refractivity contribution in [3.05, 3.63) is 72.7 Å². The number of ketones is 1. The van der Waals surface area contributed by atoms with E-state index in [1.54, 1.807) is 23.0 Å². The number of carbonyl (C=O) groups is 1. The molecule has 0 bridgehead atoms. The number of carbonyl (C=O) groups excluding carboxylic acids is 1. The van der Waals surface area contributed by atoms with Gasteiger partial charge in [0, 0.05) is 36.0 Å². The van der Waals surface area contributed by atoms with E-state index in [0.717, 1.165) is 36.1 Å². The van der Waals surface area contributed by atoms with Gasteiger partial charge in [-0.25, -0.2) is 9.50 Å². The van der Waals surface area contributed by atoms with Crippen LogP contribution in [0.2, 0.25) is 0 Å². The number of hydrogen-bond acceptors (Lipinski definition) is 5. The Bertz CT molecular complexity index is 1200. The van der Waals surface area contributed by atoms with Crippen LogP contribution in [0.5, 0.6) is 0 Å². The zero-order valence-electron chi connectivity index (χ0n) is 16.6. The molecule has 2 atom stereocenters. The number of nitrogens with two attached hydrogens (primary N) is 1. The van der Waals surface area contributed by atoms with Crippen molar-refractivity contribution in [2.45, 2.75) is 31.7 Å². The number of rotatable bonds is 5. The van der Waals surface area contributed by atoms with Gasteiger partial charge in [0.05, 0.1) is 23.1 Å². The van der Waals surface area contributed by atoms with E-state index in [1.807, 2.05) is 48.7 Å². The van der Waals surface area contributed by atoms with Gasteiger partial charge in [-0.05, 0) is 37.0 Å². The number of hydrogen-bond donors (Lipinski definition) is 1. The van der Waals surface area contributed by atoms with Gasteiger partial charge in [0.25, 0.3) is 0 Å². The number of aromatic nitrogens is 4. The van der Waals surface area contributed by atoms with E-state index in [4.69, 9.17) is 10.7 Å². The maximum atomic E-state index is 12.9. The van der Waals surface area contributed by atoms with E-state index in [2.05, 4.69) is 10.1 Å². The summed E-state index contributed by atoms with van der Waals surface area (Å²) in [4.78, 5) is 22.2. The Morgan fingerprint density at radius 3 is 2.77 bits per heavy atom. The van der Waals surface area contributed by atoms with Gasteiger partial charge < -0.3 is 5.73 Å². The number of benzene rings is 1. The SMILES string of the molecule is N[C@@H]1CCC[C@H]1CC(=O)c1ccnc(-c2cnn3ccc(-c4ccccc4)nc23)c1. The first-order valence-electron chi connectivity index (χ1n) is 10.3. The normalized spacial score (nSPS) is 18.7. The van der Waals surface area contributed by atoms with Crippen molar-refractivity contribution in [2.24, 2.45) is 11.7 Å². The molecule has 1 saturated carbocycles. The predicted octanol–water partition coefficient (Wildman–Crippen LogP) is 4.16. The highest BCUT2D eigenvalue weighted by Gasteiger charge is 2.26. The highest BCUT2D eigenvalue weighted by atomic mass is 16.1. The molecule has 6 nitrogen and oxygen atoms in total. The van der Waals surface area contributed by atoms with Crippen LogP contribution in [-0.2, 0) is 0 Å². The lowest BCUT2D eigenvalue weighted by Crippen LogP contribution is -2.26. The van der Waals surface area contributed by atoms with Crippen LogP contribution in [0, 0.1) is 5.92 Å². The van der Waals surface area contributed by atoms with E-state index in [1.165, 1.54) is 0 Å². The average Bonchev–Trinajstić information content (AvgIpc) is 3.40. The molecule has 1 aliphatic rings. The third-order valence-electron chi connectivity index (χ3n) is 5.96. The lowest BCUT2D eigenvalue weighted by Gasteiger charge is -2.14. The van der Waals surface area contributed by atoms with Gasteiger partial charge in [-0.3, -0.25) is 9.78 Å². The Balaban J connectivity index is 1.48. The van der Waals surface area contributed by atoms with Crippen molar-refractivity contribution in [1.29, 1.82) is 0 Å². The minimum atomic E-state index is 0.121. The van der Waals surface area contributed by atoms with E-state index >= 15 is 0 Å². The van der Waals surface area contributed by atoms with Crippen molar-refractivity contribution in [1.82, 2.24) is 19.6 Å². The van der Waals surface area contributed by atoms with Crippen LogP contribution in [0.15, 0.2) is 67.1 Å². The molecule has 0 spiro atoms. The Morgan fingerprint density at radius 1 is 1.10 bits per heavy atom. The Labute approximate surface area is 174 Å². The Kier molecular flexibility index (Phi) is 4.85. The summed E-state index contributed by atoms with van der Waals surface area (Å²) >= 11 is 0. The summed E-state index contributed by atoms with van der Waals surface area (Å²) < 4.78 is 1.73. The van der Waals surface area contributed by atoms with E-state index < -0.39 is 0 Å². The van der Waals surface area contributed by atoms with Gasteiger partial charge in [0.1, 0.15) is 0 Å². The second-order valence-corrected chi connectivity index (χ2v) is 7.92. The Hall–Kier alpha value is -3.38. The van der Waals surface area contributed by atoms with Crippen molar-refractivity contribution < 1.29 is 4.79 Å². The molecule has 0 aliphatic heterocycles. The van der Waals surface area contributed by atoms with Crippen molar-refractivity contribution in [2.75, 3.05) is 0 Å². The van der Waals surface area contributed by atoms with Crippen LogP contribution in [0.4, 0.5) is 0 Å². The van der Waals surface area contributed by atoms with Crippen LogP contribution >= 0.6 is 0 Å². The van der Waals surface area contributed by atoms with Gasteiger partial charge in [0.15, 0.2) is 11.4 Å². The molecule has 1 aromatic carbocycles. The van der Waals surface area contributed by atoms with E-state index in [0.29, 0.717) is 23.3 Å². The first-order valence-corrected chi connectivity index (χ1v) is 10.3. The number of nitrogens with zero attached hydrogens (tertiary/aromatic N) is 4. The van der Waals surface area contributed by atoms with E-state index in [-0.39, 0.29) is 17.7 Å². The molecule has 2 N–H and O–H groups in total. The Morgan fingerprint density at radius 2 is 1.97 bits per heavy atom. The summed E-state index contributed by atoms with van der Waals surface area (Å²) in [6.07, 6.45) is 8.98. The van der Waals surface area contributed by atoms with Gasteiger partial charge in [-0.2, -0.15) is 5.10 Å². The standard InChI is InChI=1S/C24H23N5O/c25-20-8-4-7-17(20)14-23(30)18-9-11-26-22(13-18)19-15-27-29-12-10-21(28-24(19)29)16-5-2-1-3-6-16/h1-3,5-6,9-13,15,17,20H,4,7-8,14,25H2/t17-,20+/m0/s1. The van der Waals surface area contributed by atoms with Crippen molar-refractivity contribution in [3.63, 3.8) is 0 Å².